The number of benzene rings is 2. The number of nitrogens with zero attached hydrogens (tertiary/aromatic N) is 1. The van der Waals surface area contributed by atoms with E-state index in [0.29, 0.717) is 12.3 Å². The van der Waals surface area contributed by atoms with Gasteiger partial charge in [0.05, 0.1) is 18.5 Å². The molecule has 0 aliphatic carbocycles. The summed E-state index contributed by atoms with van der Waals surface area (Å²) in [6, 6.07) is 14.6. The molecular weight excluding hydrogens is 422 g/mol. The minimum atomic E-state index is -0.890. The maximum absolute atomic E-state index is 12.2. The molecule has 6 nitrogen and oxygen atoms in total. The molecule has 0 saturated heterocycles. The molecule has 1 unspecified atom stereocenters. The molecule has 1 atom stereocenters. The Hall–Kier alpha value is -2.67. The highest BCUT2D eigenvalue weighted by atomic mass is 79.9. The van der Waals surface area contributed by atoms with Crippen LogP contribution in [0.1, 0.15) is 32.3 Å². The summed E-state index contributed by atoms with van der Waals surface area (Å²) in [6.45, 7) is 4.33. The quantitative estimate of drug-likeness (QED) is 0.260. The Balaban J connectivity index is 1.83. The number of hydrogen-bond acceptors (Lipinski definition) is 4. The van der Waals surface area contributed by atoms with E-state index in [-0.39, 0.29) is 0 Å². The van der Waals surface area contributed by atoms with Gasteiger partial charge in [0.25, 0.3) is 5.91 Å². The monoisotopic (exact) mass is 445 g/mol. The van der Waals surface area contributed by atoms with Gasteiger partial charge in [0.1, 0.15) is 11.7 Å². The standard InChI is InChI=1S/C21H24BrN3O3/c1-3-4-13-28-17-11-9-16(10-12-17)14-23-25-21(27)15(2)20(26)24-19-8-6-5-7-18(19)22/h5-12,14-15H,3-4,13H2,1-2H3,(H,24,26)(H,25,27). The second-order valence-corrected chi connectivity index (χ2v) is 7.05. The van der Waals surface area contributed by atoms with E-state index in [4.69, 9.17) is 4.74 Å². The van der Waals surface area contributed by atoms with Crippen LogP contribution in [-0.4, -0.2) is 24.6 Å². The summed E-state index contributed by atoms with van der Waals surface area (Å²) in [5, 5.41) is 6.63. The molecule has 2 N–H and O–H groups in total. The Morgan fingerprint density at radius 3 is 2.54 bits per heavy atom. The third-order valence-corrected chi connectivity index (χ3v) is 4.64. The zero-order chi connectivity index (χ0) is 20.4. The van der Waals surface area contributed by atoms with Crippen LogP contribution in [0.3, 0.4) is 0 Å². The Bertz CT molecular complexity index is 822. The first-order chi connectivity index (χ1) is 13.5. The van der Waals surface area contributed by atoms with Crippen molar-refractivity contribution in [2.75, 3.05) is 11.9 Å². The summed E-state index contributed by atoms with van der Waals surface area (Å²) >= 11 is 3.35. The molecule has 2 aromatic rings. The minimum Gasteiger partial charge on any atom is -0.494 e. The number of carbonyl (C=O) groups excluding carboxylic acids is 2. The normalized spacial score (nSPS) is 11.8. The lowest BCUT2D eigenvalue weighted by Crippen LogP contribution is -2.34. The highest BCUT2D eigenvalue weighted by molar-refractivity contribution is 9.10. The molecule has 2 aromatic carbocycles. The fourth-order valence-electron chi connectivity index (χ4n) is 2.17. The van der Waals surface area contributed by atoms with Crippen LogP contribution in [-0.2, 0) is 9.59 Å². The molecule has 0 bridgehead atoms. The summed E-state index contributed by atoms with van der Waals surface area (Å²) in [4.78, 5) is 24.4. The highest BCUT2D eigenvalue weighted by Crippen LogP contribution is 2.21. The molecule has 0 fully saturated rings. The Labute approximate surface area is 173 Å². The number of hydrazone groups is 1. The molecule has 2 amide bonds. The Morgan fingerprint density at radius 2 is 1.86 bits per heavy atom. The maximum Gasteiger partial charge on any atom is 0.252 e. The van der Waals surface area contributed by atoms with E-state index < -0.39 is 17.7 Å². The third-order valence-electron chi connectivity index (χ3n) is 3.95. The fourth-order valence-corrected chi connectivity index (χ4v) is 2.56. The minimum absolute atomic E-state index is 0.409. The Morgan fingerprint density at radius 1 is 1.14 bits per heavy atom. The smallest absolute Gasteiger partial charge is 0.252 e. The lowest BCUT2D eigenvalue weighted by Gasteiger charge is -2.11. The fraction of sp³-hybridized carbons (Fsp3) is 0.286. The predicted molar refractivity (Wildman–Crippen MR) is 115 cm³/mol. The first-order valence-corrected chi connectivity index (χ1v) is 9.91. The second-order valence-electron chi connectivity index (χ2n) is 6.20. The number of para-hydroxylation sites is 1. The van der Waals surface area contributed by atoms with Crippen LogP contribution in [0.15, 0.2) is 58.1 Å². The zero-order valence-corrected chi connectivity index (χ0v) is 17.5. The molecule has 0 heterocycles. The van der Waals surface area contributed by atoms with Gasteiger partial charge in [-0.2, -0.15) is 5.10 Å². The van der Waals surface area contributed by atoms with E-state index in [1.807, 2.05) is 36.4 Å². The van der Waals surface area contributed by atoms with Crippen molar-refractivity contribution in [3.05, 3.63) is 58.6 Å². The Kier molecular flexibility index (Phi) is 8.68. The molecule has 148 valence electrons. The second kappa shape index (κ2) is 11.2. The van der Waals surface area contributed by atoms with Crippen molar-refractivity contribution in [2.45, 2.75) is 26.7 Å². The van der Waals surface area contributed by atoms with Crippen LogP contribution < -0.4 is 15.5 Å². The van der Waals surface area contributed by atoms with Crippen LogP contribution >= 0.6 is 15.9 Å². The number of ether oxygens (including phenoxy) is 1. The van der Waals surface area contributed by atoms with Crippen molar-refractivity contribution in [2.24, 2.45) is 11.0 Å². The number of carbonyl (C=O) groups is 2. The van der Waals surface area contributed by atoms with Crippen molar-refractivity contribution in [1.29, 1.82) is 0 Å². The maximum atomic E-state index is 12.2. The number of nitrogens with one attached hydrogen (secondary N) is 2. The van der Waals surface area contributed by atoms with E-state index in [0.717, 1.165) is 28.6 Å². The lowest BCUT2D eigenvalue weighted by molar-refractivity contribution is -0.131. The number of anilines is 1. The molecule has 0 aliphatic heterocycles. The first kappa shape index (κ1) is 21.6. The SMILES string of the molecule is CCCCOc1ccc(C=NNC(=O)C(C)C(=O)Nc2ccccc2Br)cc1. The number of halogens is 1. The van der Waals surface area contributed by atoms with E-state index in [1.54, 1.807) is 12.1 Å². The molecule has 0 aliphatic rings. The van der Waals surface area contributed by atoms with Crippen LogP contribution in [0, 0.1) is 5.92 Å². The summed E-state index contributed by atoms with van der Waals surface area (Å²) in [6.07, 6.45) is 3.62. The van der Waals surface area contributed by atoms with Gasteiger partial charge in [-0.05, 0) is 71.2 Å². The average Bonchev–Trinajstić information content (AvgIpc) is 2.70. The molecule has 0 aromatic heterocycles. The van der Waals surface area contributed by atoms with Gasteiger partial charge in [-0.3, -0.25) is 9.59 Å². The van der Waals surface area contributed by atoms with Gasteiger partial charge in [0.15, 0.2) is 0 Å². The lowest BCUT2D eigenvalue weighted by atomic mass is 10.1. The van der Waals surface area contributed by atoms with Crippen molar-refractivity contribution in [3.63, 3.8) is 0 Å². The van der Waals surface area contributed by atoms with Gasteiger partial charge in [0.2, 0.25) is 5.91 Å². The van der Waals surface area contributed by atoms with Crippen LogP contribution in [0.5, 0.6) is 5.75 Å². The average molecular weight is 446 g/mol. The summed E-state index contributed by atoms with van der Waals surface area (Å²) in [7, 11) is 0. The van der Waals surface area contributed by atoms with Gasteiger partial charge in [-0.1, -0.05) is 25.5 Å². The van der Waals surface area contributed by atoms with Gasteiger partial charge in [0, 0.05) is 4.47 Å². The molecule has 7 heteroatoms. The molecule has 2 rings (SSSR count). The number of unbranched alkanes of at least 4 members (excludes halogenated alkanes) is 1. The van der Waals surface area contributed by atoms with E-state index in [1.165, 1.54) is 13.1 Å². The molecule has 28 heavy (non-hydrogen) atoms. The highest BCUT2D eigenvalue weighted by Gasteiger charge is 2.21. The first-order valence-electron chi connectivity index (χ1n) is 9.12. The van der Waals surface area contributed by atoms with Crippen molar-refractivity contribution >= 4 is 39.6 Å². The van der Waals surface area contributed by atoms with Crippen molar-refractivity contribution in [3.8, 4) is 5.75 Å². The van der Waals surface area contributed by atoms with Gasteiger partial charge >= 0.3 is 0 Å². The molecule has 0 spiro atoms. The van der Waals surface area contributed by atoms with Crippen molar-refractivity contribution in [1.82, 2.24) is 5.43 Å². The van der Waals surface area contributed by atoms with Crippen molar-refractivity contribution < 1.29 is 14.3 Å². The summed E-state index contributed by atoms with van der Waals surface area (Å²) in [5.74, 6) is -0.987. The summed E-state index contributed by atoms with van der Waals surface area (Å²) < 4.78 is 6.34. The van der Waals surface area contributed by atoms with Gasteiger partial charge in [-0.25, -0.2) is 5.43 Å². The van der Waals surface area contributed by atoms with Gasteiger partial charge in [-0.15, -0.1) is 0 Å². The summed E-state index contributed by atoms with van der Waals surface area (Å²) in [5.41, 5.74) is 3.82. The molecule has 0 radical (unpaired) electrons. The topological polar surface area (TPSA) is 79.8 Å². The van der Waals surface area contributed by atoms with Crippen LogP contribution in [0.2, 0.25) is 0 Å². The third kappa shape index (κ3) is 6.81. The predicted octanol–water partition coefficient (Wildman–Crippen LogP) is 4.35. The van der Waals surface area contributed by atoms with Crippen LogP contribution in [0.25, 0.3) is 0 Å². The number of rotatable bonds is 9. The zero-order valence-electron chi connectivity index (χ0n) is 15.9. The molecular formula is C21H24BrN3O3. The number of hydrogen-bond donors (Lipinski definition) is 2. The molecule has 0 saturated carbocycles. The largest absolute Gasteiger partial charge is 0.494 e. The van der Waals surface area contributed by atoms with E-state index in [9.17, 15) is 9.59 Å². The van der Waals surface area contributed by atoms with E-state index in [2.05, 4.69) is 38.7 Å². The number of amides is 2. The van der Waals surface area contributed by atoms with E-state index >= 15 is 0 Å². The van der Waals surface area contributed by atoms with Gasteiger partial charge < -0.3 is 10.1 Å². The van der Waals surface area contributed by atoms with Crippen LogP contribution in [0.4, 0.5) is 5.69 Å².